The number of aromatic nitrogens is 2. The molecule has 1 saturated heterocycles. The lowest BCUT2D eigenvalue weighted by molar-refractivity contribution is -0.0245. The van der Waals surface area contributed by atoms with Crippen LogP contribution in [0.4, 0.5) is 0 Å². The van der Waals surface area contributed by atoms with Crippen LogP contribution in [0, 0.1) is 0 Å². The molecule has 6 heteroatoms. The van der Waals surface area contributed by atoms with Gasteiger partial charge < -0.3 is 10.0 Å². The van der Waals surface area contributed by atoms with Gasteiger partial charge in [0.1, 0.15) is 5.69 Å². The second-order valence-corrected chi connectivity index (χ2v) is 7.47. The summed E-state index contributed by atoms with van der Waals surface area (Å²) in [6, 6.07) is 1.98. The summed E-state index contributed by atoms with van der Waals surface area (Å²) < 4.78 is 1.76. The van der Waals surface area contributed by atoms with Crippen LogP contribution in [0.25, 0.3) is 0 Å². The average Bonchev–Trinajstić information content (AvgIpc) is 3.25. The first-order chi connectivity index (χ1) is 11.5. The van der Waals surface area contributed by atoms with Crippen LogP contribution in [0.2, 0.25) is 0 Å². The van der Waals surface area contributed by atoms with Crippen LogP contribution in [-0.4, -0.2) is 68.9 Å². The van der Waals surface area contributed by atoms with Gasteiger partial charge in [-0.3, -0.25) is 14.4 Å². The summed E-state index contributed by atoms with van der Waals surface area (Å²) in [5.74, 6) is -0.0488. The molecule has 3 rings (SSSR count). The van der Waals surface area contributed by atoms with Crippen molar-refractivity contribution in [2.75, 3.05) is 20.1 Å². The molecule has 0 aromatic carbocycles. The van der Waals surface area contributed by atoms with E-state index in [1.807, 2.05) is 20.9 Å². The lowest BCUT2D eigenvalue weighted by Gasteiger charge is -2.43. The molecule has 24 heavy (non-hydrogen) atoms. The third kappa shape index (κ3) is 3.22. The molecule has 1 aliphatic carbocycles. The molecule has 0 unspecified atom stereocenters. The van der Waals surface area contributed by atoms with E-state index in [0.29, 0.717) is 5.69 Å². The SMILES string of the molecule is CC(C)n1nccc1C(=O)N(C)[C@@H]1CCC[C@@H](N2CCCC2)[C@@H]1O. The first-order valence-corrected chi connectivity index (χ1v) is 9.23. The molecule has 1 aliphatic heterocycles. The minimum absolute atomic E-state index is 0.0488. The summed E-state index contributed by atoms with van der Waals surface area (Å²) in [4.78, 5) is 17.1. The quantitative estimate of drug-likeness (QED) is 0.914. The molecular weight excluding hydrogens is 304 g/mol. The molecule has 2 heterocycles. The fourth-order valence-corrected chi connectivity index (χ4v) is 4.26. The molecule has 2 fully saturated rings. The predicted octanol–water partition coefficient (Wildman–Crippen LogP) is 1.91. The van der Waals surface area contributed by atoms with Crippen molar-refractivity contribution in [1.82, 2.24) is 19.6 Å². The van der Waals surface area contributed by atoms with Gasteiger partial charge in [0.2, 0.25) is 0 Å². The van der Waals surface area contributed by atoms with E-state index < -0.39 is 6.10 Å². The number of carbonyl (C=O) groups excluding carboxylic acids is 1. The van der Waals surface area contributed by atoms with Crippen LogP contribution in [0.1, 0.15) is 62.5 Å². The molecule has 134 valence electrons. The monoisotopic (exact) mass is 334 g/mol. The average molecular weight is 334 g/mol. The Morgan fingerprint density at radius 3 is 2.67 bits per heavy atom. The number of aliphatic hydroxyl groups excluding tert-OH is 1. The first kappa shape index (κ1) is 17.4. The Labute approximate surface area is 144 Å². The van der Waals surface area contributed by atoms with Crippen molar-refractivity contribution in [3.05, 3.63) is 18.0 Å². The van der Waals surface area contributed by atoms with Crippen molar-refractivity contribution in [2.24, 2.45) is 0 Å². The molecule has 0 spiro atoms. The Bertz CT molecular complexity index is 565. The zero-order chi connectivity index (χ0) is 17.3. The van der Waals surface area contributed by atoms with E-state index in [0.717, 1.165) is 32.4 Å². The van der Waals surface area contributed by atoms with Gasteiger partial charge in [-0.2, -0.15) is 5.10 Å². The van der Waals surface area contributed by atoms with Crippen LogP contribution in [-0.2, 0) is 0 Å². The zero-order valence-electron chi connectivity index (χ0n) is 15.1. The lowest BCUT2D eigenvalue weighted by atomic mass is 9.86. The predicted molar refractivity (Wildman–Crippen MR) is 92.9 cm³/mol. The number of amides is 1. The second kappa shape index (κ2) is 7.23. The highest BCUT2D eigenvalue weighted by Gasteiger charge is 2.39. The van der Waals surface area contributed by atoms with Gasteiger partial charge in [0.25, 0.3) is 5.91 Å². The van der Waals surface area contributed by atoms with E-state index >= 15 is 0 Å². The van der Waals surface area contributed by atoms with E-state index in [1.54, 1.807) is 21.8 Å². The Morgan fingerprint density at radius 2 is 2.00 bits per heavy atom. The van der Waals surface area contributed by atoms with Crippen LogP contribution in [0.5, 0.6) is 0 Å². The van der Waals surface area contributed by atoms with Gasteiger partial charge in [-0.25, -0.2) is 0 Å². The van der Waals surface area contributed by atoms with E-state index in [9.17, 15) is 9.90 Å². The minimum atomic E-state index is -0.471. The highest BCUT2D eigenvalue weighted by molar-refractivity contribution is 5.92. The van der Waals surface area contributed by atoms with Crippen molar-refractivity contribution >= 4 is 5.91 Å². The number of hydrogen-bond acceptors (Lipinski definition) is 4. The van der Waals surface area contributed by atoms with Crippen molar-refractivity contribution in [3.8, 4) is 0 Å². The molecule has 3 atom stereocenters. The maximum absolute atomic E-state index is 12.9. The summed E-state index contributed by atoms with van der Waals surface area (Å²) in [5.41, 5.74) is 0.600. The van der Waals surface area contributed by atoms with Gasteiger partial charge in [-0.1, -0.05) is 0 Å². The van der Waals surface area contributed by atoms with Crippen LogP contribution < -0.4 is 0 Å². The van der Waals surface area contributed by atoms with Crippen LogP contribution in [0.15, 0.2) is 12.3 Å². The summed E-state index contributed by atoms with van der Waals surface area (Å²) in [7, 11) is 1.82. The van der Waals surface area contributed by atoms with Gasteiger partial charge in [-0.05, 0) is 65.1 Å². The highest BCUT2D eigenvalue weighted by atomic mass is 16.3. The fraction of sp³-hybridized carbons (Fsp3) is 0.778. The molecule has 1 N–H and O–H groups in total. The zero-order valence-corrected chi connectivity index (χ0v) is 15.1. The molecule has 1 aromatic rings. The molecular formula is C18H30N4O2. The number of carbonyl (C=O) groups is 1. The topological polar surface area (TPSA) is 61.6 Å². The molecule has 2 aliphatic rings. The van der Waals surface area contributed by atoms with Crippen molar-refractivity contribution < 1.29 is 9.90 Å². The van der Waals surface area contributed by atoms with Crippen LogP contribution in [0.3, 0.4) is 0 Å². The van der Waals surface area contributed by atoms with Crippen molar-refractivity contribution in [3.63, 3.8) is 0 Å². The smallest absolute Gasteiger partial charge is 0.272 e. The summed E-state index contributed by atoms with van der Waals surface area (Å²) >= 11 is 0. The number of rotatable bonds is 4. The van der Waals surface area contributed by atoms with Crippen molar-refractivity contribution in [1.29, 1.82) is 0 Å². The van der Waals surface area contributed by atoms with Gasteiger partial charge >= 0.3 is 0 Å². The van der Waals surface area contributed by atoms with Gasteiger partial charge in [0.15, 0.2) is 0 Å². The maximum Gasteiger partial charge on any atom is 0.272 e. The molecule has 6 nitrogen and oxygen atoms in total. The lowest BCUT2D eigenvalue weighted by Crippen LogP contribution is -2.56. The van der Waals surface area contributed by atoms with E-state index in [2.05, 4.69) is 10.00 Å². The van der Waals surface area contributed by atoms with Gasteiger partial charge in [-0.15, -0.1) is 0 Å². The minimum Gasteiger partial charge on any atom is -0.389 e. The number of likely N-dealkylation sites (tertiary alicyclic amines) is 1. The van der Waals surface area contributed by atoms with Crippen LogP contribution >= 0.6 is 0 Å². The fourth-order valence-electron chi connectivity index (χ4n) is 4.26. The molecule has 0 radical (unpaired) electrons. The third-order valence-electron chi connectivity index (χ3n) is 5.59. The Hall–Kier alpha value is -1.40. The largest absolute Gasteiger partial charge is 0.389 e. The number of hydrogen-bond donors (Lipinski definition) is 1. The van der Waals surface area contributed by atoms with E-state index in [4.69, 9.17) is 0 Å². The van der Waals surface area contributed by atoms with Gasteiger partial charge in [0.05, 0.1) is 12.1 Å². The number of likely N-dealkylation sites (N-methyl/N-ethyl adjacent to an activating group) is 1. The normalized spacial score (nSPS) is 28.5. The van der Waals surface area contributed by atoms with E-state index in [1.165, 1.54) is 12.8 Å². The number of nitrogens with zero attached hydrogens (tertiary/aromatic N) is 4. The summed E-state index contributed by atoms with van der Waals surface area (Å²) in [6.45, 7) is 6.18. The maximum atomic E-state index is 12.9. The molecule has 1 amide bonds. The number of aliphatic hydroxyl groups is 1. The van der Waals surface area contributed by atoms with E-state index in [-0.39, 0.29) is 24.0 Å². The third-order valence-corrected chi connectivity index (χ3v) is 5.59. The second-order valence-electron chi connectivity index (χ2n) is 7.47. The molecule has 1 aromatic heterocycles. The van der Waals surface area contributed by atoms with Crippen molar-refractivity contribution in [2.45, 2.75) is 70.2 Å². The Balaban J connectivity index is 1.74. The first-order valence-electron chi connectivity index (χ1n) is 9.23. The molecule has 1 saturated carbocycles. The highest BCUT2D eigenvalue weighted by Crippen LogP contribution is 2.29. The van der Waals surface area contributed by atoms with Gasteiger partial charge in [0, 0.05) is 25.3 Å². The molecule has 0 bridgehead atoms. The summed E-state index contributed by atoms with van der Waals surface area (Å²) in [5, 5.41) is 15.2. The Morgan fingerprint density at radius 1 is 1.29 bits per heavy atom. The Kier molecular flexibility index (Phi) is 5.25. The summed E-state index contributed by atoms with van der Waals surface area (Å²) in [6.07, 6.45) is 6.59. The standard InChI is InChI=1S/C18H30N4O2/c1-13(2)22-16(9-10-19-22)18(24)20(3)14-7-6-8-15(17(14)23)21-11-4-5-12-21/h9-10,13-15,17,23H,4-8,11-12H2,1-3H3/t14-,15-,17-/m1/s1.